The highest BCUT2D eigenvalue weighted by Gasteiger charge is 2.50. The zero-order valence-corrected chi connectivity index (χ0v) is 40.3. The molecule has 5 amide bonds. The van der Waals surface area contributed by atoms with Gasteiger partial charge in [-0.05, 0) is 103 Å². The standard InChI is InChI=1S/C46H67N5O12Si/c1-28(47-43(55)62-45(2,3)4)39(52)50-27-29-17-15-19-48(29)40(53)30-23-35(58-8)37(25-33(30)50)60-21-13-12-14-22-61-38-26-34-31(24-36(38)59-9)41(54)49-20-16-18-32(49)42(51(34)44(56)57)63-64(10,11)46(5,6)7/h23-26,28-29,32,42H,12-22,27H2,1-11H3,(H,47,55)(H,56,57)/t28-,29-,32-,42?/m0/s1. The van der Waals surface area contributed by atoms with Crippen molar-refractivity contribution in [2.45, 2.75) is 141 Å². The first kappa shape index (κ1) is 48.2. The summed E-state index contributed by atoms with van der Waals surface area (Å²) in [5, 5.41) is 13.2. The van der Waals surface area contributed by atoms with Gasteiger partial charge in [0.1, 0.15) is 11.6 Å². The highest BCUT2D eigenvalue weighted by Crippen LogP contribution is 2.45. The Hall–Kier alpha value is -5.23. The minimum absolute atomic E-state index is 0.185. The van der Waals surface area contributed by atoms with Gasteiger partial charge >= 0.3 is 12.2 Å². The topological polar surface area (TPSA) is 186 Å². The number of methoxy groups -OCH3 is 2. The smallest absolute Gasteiger partial charge is 0.414 e. The average Bonchev–Trinajstić information content (AvgIpc) is 3.86. The Labute approximate surface area is 377 Å². The van der Waals surface area contributed by atoms with Gasteiger partial charge in [0, 0.05) is 31.8 Å². The largest absolute Gasteiger partial charge is 0.493 e. The molecule has 0 saturated carbocycles. The van der Waals surface area contributed by atoms with Crippen molar-refractivity contribution < 1.29 is 57.2 Å². The third-order valence-corrected chi connectivity index (χ3v) is 17.3. The van der Waals surface area contributed by atoms with Gasteiger partial charge in [-0.15, -0.1) is 0 Å². The molecule has 0 aromatic heterocycles. The van der Waals surface area contributed by atoms with Crippen LogP contribution in [-0.2, 0) is 14.0 Å². The first-order chi connectivity index (χ1) is 30.1. The number of fused-ring (bicyclic) bond motifs is 4. The predicted octanol–water partition coefficient (Wildman–Crippen LogP) is 7.65. The van der Waals surface area contributed by atoms with Gasteiger partial charge in [0.25, 0.3) is 11.8 Å². The lowest BCUT2D eigenvalue weighted by molar-refractivity contribution is -0.120. The van der Waals surface area contributed by atoms with Gasteiger partial charge in [0.15, 0.2) is 37.5 Å². The van der Waals surface area contributed by atoms with E-state index in [1.165, 1.54) is 19.1 Å². The van der Waals surface area contributed by atoms with Gasteiger partial charge in [0.05, 0.1) is 62.0 Å². The summed E-state index contributed by atoms with van der Waals surface area (Å²) < 4.78 is 36.1. The van der Waals surface area contributed by atoms with Crippen LogP contribution in [0.3, 0.4) is 0 Å². The molecule has 4 atom stereocenters. The van der Waals surface area contributed by atoms with Crippen LogP contribution in [0, 0.1) is 0 Å². The van der Waals surface area contributed by atoms with Gasteiger partial charge in [-0.1, -0.05) is 20.8 Å². The molecule has 18 heteroatoms. The molecule has 0 aliphatic carbocycles. The molecule has 1 unspecified atom stereocenters. The molecule has 2 aromatic rings. The summed E-state index contributed by atoms with van der Waals surface area (Å²) in [6.07, 6.45) is 2.02. The number of ether oxygens (including phenoxy) is 5. The minimum Gasteiger partial charge on any atom is -0.493 e. The number of carbonyl (C=O) groups is 5. The van der Waals surface area contributed by atoms with Crippen molar-refractivity contribution in [2.24, 2.45) is 0 Å². The molecule has 2 fully saturated rings. The zero-order chi connectivity index (χ0) is 46.9. The lowest BCUT2D eigenvalue weighted by Crippen LogP contribution is -2.57. The molecule has 17 nitrogen and oxygen atoms in total. The molecule has 4 aliphatic heterocycles. The first-order valence-corrected chi connectivity index (χ1v) is 25.3. The lowest BCUT2D eigenvalue weighted by atomic mass is 10.1. The maximum absolute atomic E-state index is 14.1. The molecule has 4 heterocycles. The second-order valence-corrected chi connectivity index (χ2v) is 24.3. The number of hydrogen-bond donors (Lipinski definition) is 2. The summed E-state index contributed by atoms with van der Waals surface area (Å²) in [5.41, 5.74) is 0.357. The van der Waals surface area contributed by atoms with Gasteiger partial charge in [0.2, 0.25) is 5.91 Å². The van der Waals surface area contributed by atoms with E-state index in [1.807, 2.05) is 0 Å². The molecule has 0 spiro atoms. The van der Waals surface area contributed by atoms with E-state index in [4.69, 9.17) is 28.1 Å². The molecular weight excluding hydrogens is 843 g/mol. The van der Waals surface area contributed by atoms with E-state index in [0.29, 0.717) is 73.0 Å². The van der Waals surface area contributed by atoms with Crippen LogP contribution in [0.25, 0.3) is 0 Å². The number of hydrogen-bond acceptors (Lipinski definition) is 11. The second kappa shape index (κ2) is 19.1. The SMILES string of the molecule is COc1cc2c(cc1OCCCCCOc1cc3c(cc1OC)C(=O)N1CCC[C@H]1C(O[Si](C)(C)C(C)(C)C)N3C(=O)O)N(C(=O)[C@H](C)NC(=O)OC(C)(C)C)C[C@@H]1CCCN1C2=O. The summed E-state index contributed by atoms with van der Waals surface area (Å²) in [5.74, 6) is 0.484. The normalized spacial score (nSPS) is 20.3. The fourth-order valence-electron chi connectivity index (χ4n) is 8.53. The molecule has 352 valence electrons. The van der Waals surface area contributed by atoms with Crippen LogP contribution in [0.5, 0.6) is 23.0 Å². The minimum atomic E-state index is -2.50. The third kappa shape index (κ3) is 10.2. The average molecular weight is 910 g/mol. The van der Waals surface area contributed by atoms with Crippen LogP contribution < -0.4 is 34.1 Å². The van der Waals surface area contributed by atoms with Crippen molar-refractivity contribution in [1.29, 1.82) is 0 Å². The van der Waals surface area contributed by atoms with Crippen LogP contribution in [0.4, 0.5) is 21.0 Å². The van der Waals surface area contributed by atoms with E-state index in [9.17, 15) is 29.1 Å². The number of unbranched alkanes of at least 4 members (excludes halogenated alkanes) is 2. The summed E-state index contributed by atoms with van der Waals surface area (Å²) in [6.45, 7) is 19.2. The van der Waals surface area contributed by atoms with Crippen molar-refractivity contribution >= 4 is 49.6 Å². The van der Waals surface area contributed by atoms with Gasteiger partial charge < -0.3 is 53.2 Å². The summed E-state index contributed by atoms with van der Waals surface area (Å²) in [4.78, 5) is 74.1. The molecule has 6 rings (SSSR count). The van der Waals surface area contributed by atoms with E-state index in [-0.39, 0.29) is 53.9 Å². The number of carboxylic acid groups (broad SMARTS) is 1. The number of rotatable bonds is 14. The lowest BCUT2D eigenvalue weighted by Gasteiger charge is -2.44. The van der Waals surface area contributed by atoms with Crippen LogP contribution in [0.1, 0.15) is 114 Å². The van der Waals surface area contributed by atoms with Gasteiger partial charge in [-0.25, -0.2) is 14.5 Å². The van der Waals surface area contributed by atoms with Crippen molar-refractivity contribution in [2.75, 3.05) is 56.9 Å². The number of carbonyl (C=O) groups excluding carboxylic acids is 4. The number of benzene rings is 2. The van der Waals surface area contributed by atoms with E-state index >= 15 is 0 Å². The van der Waals surface area contributed by atoms with Gasteiger partial charge in [-0.2, -0.15) is 0 Å². The van der Waals surface area contributed by atoms with Crippen molar-refractivity contribution in [1.82, 2.24) is 15.1 Å². The van der Waals surface area contributed by atoms with Crippen LogP contribution in [0.2, 0.25) is 18.1 Å². The number of anilines is 2. The molecule has 2 N–H and O–H groups in total. The molecule has 0 radical (unpaired) electrons. The van der Waals surface area contributed by atoms with Gasteiger partial charge in [-0.3, -0.25) is 14.4 Å². The van der Waals surface area contributed by atoms with Crippen molar-refractivity contribution in [3.63, 3.8) is 0 Å². The monoisotopic (exact) mass is 909 g/mol. The molecule has 2 saturated heterocycles. The number of nitrogens with zero attached hydrogens (tertiary/aromatic N) is 4. The molecule has 4 aliphatic rings. The van der Waals surface area contributed by atoms with Crippen molar-refractivity contribution in [3.8, 4) is 23.0 Å². The summed E-state index contributed by atoms with van der Waals surface area (Å²) in [6, 6.07) is 4.86. The molecule has 64 heavy (non-hydrogen) atoms. The van der Waals surface area contributed by atoms with Crippen LogP contribution >= 0.6 is 0 Å². The first-order valence-electron chi connectivity index (χ1n) is 22.4. The molecule has 0 bridgehead atoms. The van der Waals surface area contributed by atoms with E-state index in [1.54, 1.807) is 66.7 Å². The van der Waals surface area contributed by atoms with E-state index in [0.717, 1.165) is 19.3 Å². The van der Waals surface area contributed by atoms with Crippen LogP contribution in [-0.4, -0.2) is 130 Å². The third-order valence-electron chi connectivity index (χ3n) is 12.9. The Morgan fingerprint density at radius 3 is 1.91 bits per heavy atom. The number of nitrogens with one attached hydrogen (secondary N) is 1. The number of alkyl carbamates (subject to hydrolysis) is 1. The summed E-state index contributed by atoms with van der Waals surface area (Å²) in [7, 11) is 0.474. The Bertz CT molecular complexity index is 2100. The highest BCUT2D eigenvalue weighted by molar-refractivity contribution is 6.74. The zero-order valence-electron chi connectivity index (χ0n) is 39.3. The van der Waals surface area contributed by atoms with Crippen molar-refractivity contribution in [3.05, 3.63) is 35.4 Å². The summed E-state index contributed by atoms with van der Waals surface area (Å²) >= 11 is 0. The Kier molecular flexibility index (Phi) is 14.4. The quantitative estimate of drug-likeness (QED) is 0.140. The maximum Gasteiger partial charge on any atom is 0.414 e. The number of amides is 5. The fraction of sp³-hybridized carbons (Fsp3) is 0.630. The van der Waals surface area contributed by atoms with E-state index in [2.05, 4.69) is 39.2 Å². The predicted molar refractivity (Wildman–Crippen MR) is 243 cm³/mol. The molecule has 2 aromatic carbocycles. The Morgan fingerprint density at radius 2 is 1.34 bits per heavy atom. The second-order valence-electron chi connectivity index (χ2n) is 19.5. The van der Waals surface area contributed by atoms with Crippen LogP contribution in [0.15, 0.2) is 24.3 Å². The highest BCUT2D eigenvalue weighted by atomic mass is 28.4. The Balaban J connectivity index is 1.14. The molecular formula is C46H67N5O12Si. The fourth-order valence-corrected chi connectivity index (χ4v) is 9.75. The Morgan fingerprint density at radius 1 is 0.797 bits per heavy atom. The van der Waals surface area contributed by atoms with E-state index < -0.39 is 50.3 Å². The maximum atomic E-state index is 14.1.